The lowest BCUT2D eigenvalue weighted by molar-refractivity contribution is 0.0917. The Morgan fingerprint density at radius 1 is 1.00 bits per heavy atom. The molecule has 1 aromatic heterocycles. The number of carbonyl (C=O) groups is 1. The van der Waals surface area contributed by atoms with E-state index in [4.69, 9.17) is 16.6 Å². The molecule has 0 atom stereocenters. The quantitative estimate of drug-likeness (QED) is 0.434. The van der Waals surface area contributed by atoms with E-state index in [-0.39, 0.29) is 22.2 Å². The number of hydrogen-bond acceptors (Lipinski definition) is 3. The molecule has 0 aliphatic rings. The summed E-state index contributed by atoms with van der Waals surface area (Å²) in [7, 11) is 0. The number of carbonyl (C=O) groups excluding carboxylic acids is 1. The van der Waals surface area contributed by atoms with Gasteiger partial charge in [0.1, 0.15) is 11.6 Å². The van der Waals surface area contributed by atoms with Gasteiger partial charge in [0.15, 0.2) is 10.9 Å². The minimum Gasteiger partial charge on any atom is -0.451 e. The summed E-state index contributed by atoms with van der Waals surface area (Å²) in [6, 6.07) is 17.1. The van der Waals surface area contributed by atoms with Crippen LogP contribution in [0, 0.1) is 5.82 Å². The molecule has 0 aliphatic carbocycles. The number of anilines is 1. The van der Waals surface area contributed by atoms with Gasteiger partial charge in [-0.15, -0.1) is 0 Å². The zero-order valence-corrected chi connectivity index (χ0v) is 16.3. The van der Waals surface area contributed by atoms with E-state index >= 15 is 0 Å². The van der Waals surface area contributed by atoms with E-state index in [2.05, 4.69) is 30.0 Å². The standard InChI is InChI=1S/C21H20FN3O2S/c1-13(2)14-7-9-15(10-8-14)23-21(28)25-24-20(26)19-12-11-18(27-19)16-5-3-4-6-17(16)22/h3-13H,1-2H3,(H,24,26)(H2,23,25,28). The number of hydrazine groups is 1. The van der Waals surface area contributed by atoms with E-state index in [9.17, 15) is 9.18 Å². The van der Waals surface area contributed by atoms with E-state index in [0.717, 1.165) is 5.69 Å². The second kappa shape index (κ2) is 8.67. The number of benzene rings is 2. The number of hydrogen-bond donors (Lipinski definition) is 3. The van der Waals surface area contributed by atoms with Crippen molar-refractivity contribution < 1.29 is 13.6 Å². The minimum absolute atomic E-state index is 0.0369. The molecular weight excluding hydrogens is 377 g/mol. The molecule has 28 heavy (non-hydrogen) atoms. The Morgan fingerprint density at radius 3 is 2.39 bits per heavy atom. The summed E-state index contributed by atoms with van der Waals surface area (Å²) in [6.45, 7) is 4.24. The van der Waals surface area contributed by atoms with Crippen LogP contribution < -0.4 is 16.2 Å². The van der Waals surface area contributed by atoms with Crippen molar-refractivity contribution in [3.8, 4) is 11.3 Å². The zero-order valence-electron chi connectivity index (χ0n) is 15.5. The van der Waals surface area contributed by atoms with Crippen molar-refractivity contribution in [3.05, 3.63) is 77.8 Å². The Balaban J connectivity index is 1.55. The van der Waals surface area contributed by atoms with Gasteiger partial charge in [-0.2, -0.15) is 0 Å². The number of rotatable bonds is 4. The maximum Gasteiger partial charge on any atom is 0.305 e. The SMILES string of the molecule is CC(C)c1ccc(NC(=S)NNC(=O)c2ccc(-c3ccccc3F)o2)cc1. The van der Waals surface area contributed by atoms with Crippen molar-refractivity contribution in [3.63, 3.8) is 0 Å². The molecule has 0 aliphatic heterocycles. The second-order valence-electron chi connectivity index (χ2n) is 6.45. The van der Waals surface area contributed by atoms with Gasteiger partial charge in [0.05, 0.1) is 5.56 Å². The zero-order chi connectivity index (χ0) is 20.1. The molecule has 3 N–H and O–H groups in total. The molecule has 0 saturated heterocycles. The second-order valence-corrected chi connectivity index (χ2v) is 6.86. The van der Waals surface area contributed by atoms with E-state index in [1.807, 2.05) is 24.3 Å². The van der Waals surface area contributed by atoms with Crippen molar-refractivity contribution in [2.45, 2.75) is 19.8 Å². The summed E-state index contributed by atoms with van der Waals surface area (Å²) < 4.78 is 19.3. The monoisotopic (exact) mass is 397 g/mol. The van der Waals surface area contributed by atoms with Gasteiger partial charge < -0.3 is 9.73 Å². The first-order valence-electron chi connectivity index (χ1n) is 8.76. The molecule has 1 amide bonds. The van der Waals surface area contributed by atoms with Crippen molar-refractivity contribution in [1.29, 1.82) is 0 Å². The Bertz CT molecular complexity index is 983. The average molecular weight is 397 g/mol. The van der Waals surface area contributed by atoms with E-state index in [1.165, 1.54) is 17.7 Å². The van der Waals surface area contributed by atoms with Gasteiger partial charge in [-0.3, -0.25) is 15.6 Å². The summed E-state index contributed by atoms with van der Waals surface area (Å²) in [5.74, 6) is -0.192. The molecule has 5 nitrogen and oxygen atoms in total. The Labute approximate surface area is 167 Å². The fourth-order valence-corrected chi connectivity index (χ4v) is 2.72. The Morgan fingerprint density at radius 2 is 1.71 bits per heavy atom. The smallest absolute Gasteiger partial charge is 0.305 e. The highest BCUT2D eigenvalue weighted by Crippen LogP contribution is 2.24. The summed E-state index contributed by atoms with van der Waals surface area (Å²) in [5.41, 5.74) is 7.38. The van der Waals surface area contributed by atoms with Gasteiger partial charge in [-0.1, -0.05) is 38.1 Å². The third-order valence-corrected chi connectivity index (χ3v) is 4.30. The lowest BCUT2D eigenvalue weighted by Crippen LogP contribution is -2.43. The molecule has 2 aromatic carbocycles. The highest BCUT2D eigenvalue weighted by Gasteiger charge is 2.14. The molecule has 0 bridgehead atoms. The number of furan rings is 1. The van der Waals surface area contributed by atoms with Crippen molar-refractivity contribution in [2.75, 3.05) is 5.32 Å². The van der Waals surface area contributed by atoms with Crippen LogP contribution in [0.1, 0.15) is 35.9 Å². The average Bonchev–Trinajstić information content (AvgIpc) is 3.17. The van der Waals surface area contributed by atoms with Crippen LogP contribution in [0.25, 0.3) is 11.3 Å². The molecule has 0 spiro atoms. The van der Waals surface area contributed by atoms with Crippen LogP contribution >= 0.6 is 12.2 Å². The number of halogens is 1. The number of thiocarbonyl (C=S) groups is 1. The molecule has 3 rings (SSSR count). The molecule has 0 saturated carbocycles. The third kappa shape index (κ3) is 4.75. The number of amides is 1. The molecular formula is C21H20FN3O2S. The van der Waals surface area contributed by atoms with Crippen LogP contribution in [0.4, 0.5) is 10.1 Å². The largest absolute Gasteiger partial charge is 0.451 e. The van der Waals surface area contributed by atoms with Crippen molar-refractivity contribution >= 4 is 28.9 Å². The first kappa shape index (κ1) is 19.6. The van der Waals surface area contributed by atoms with Gasteiger partial charge in [-0.05, 0) is 60.1 Å². The van der Waals surface area contributed by atoms with Crippen LogP contribution in [-0.2, 0) is 0 Å². The van der Waals surface area contributed by atoms with Crippen LogP contribution in [0.2, 0.25) is 0 Å². The van der Waals surface area contributed by atoms with Crippen molar-refractivity contribution in [1.82, 2.24) is 10.9 Å². The lowest BCUT2D eigenvalue weighted by Gasteiger charge is -2.12. The van der Waals surface area contributed by atoms with E-state index in [1.54, 1.807) is 24.3 Å². The predicted molar refractivity (Wildman–Crippen MR) is 111 cm³/mol. The first-order chi connectivity index (χ1) is 13.4. The topological polar surface area (TPSA) is 66.3 Å². The summed E-state index contributed by atoms with van der Waals surface area (Å²) in [6.07, 6.45) is 0. The van der Waals surface area contributed by atoms with Gasteiger partial charge >= 0.3 is 5.91 Å². The Hall–Kier alpha value is -3.19. The predicted octanol–water partition coefficient (Wildman–Crippen LogP) is 4.84. The van der Waals surface area contributed by atoms with Crippen LogP contribution in [-0.4, -0.2) is 11.0 Å². The van der Waals surface area contributed by atoms with E-state index < -0.39 is 11.7 Å². The third-order valence-electron chi connectivity index (χ3n) is 4.09. The summed E-state index contributed by atoms with van der Waals surface area (Å²) in [4.78, 5) is 12.2. The maximum atomic E-state index is 13.8. The van der Waals surface area contributed by atoms with Gasteiger partial charge in [0, 0.05) is 5.69 Å². The molecule has 7 heteroatoms. The molecule has 0 unspecified atom stereocenters. The van der Waals surface area contributed by atoms with Gasteiger partial charge in [0.25, 0.3) is 0 Å². The molecule has 3 aromatic rings. The fraction of sp³-hybridized carbons (Fsp3) is 0.143. The van der Waals surface area contributed by atoms with Crippen LogP contribution in [0.15, 0.2) is 65.1 Å². The summed E-state index contributed by atoms with van der Waals surface area (Å²) in [5, 5.41) is 3.21. The maximum absolute atomic E-state index is 13.8. The molecule has 144 valence electrons. The summed E-state index contributed by atoms with van der Waals surface area (Å²) >= 11 is 5.17. The molecule has 0 fully saturated rings. The fourth-order valence-electron chi connectivity index (χ4n) is 2.55. The number of nitrogens with one attached hydrogen (secondary N) is 3. The van der Waals surface area contributed by atoms with Gasteiger partial charge in [0.2, 0.25) is 0 Å². The minimum atomic E-state index is -0.526. The Kier molecular flexibility index (Phi) is 6.06. The first-order valence-corrected chi connectivity index (χ1v) is 9.17. The highest BCUT2D eigenvalue weighted by molar-refractivity contribution is 7.80. The normalized spacial score (nSPS) is 10.6. The van der Waals surface area contributed by atoms with Crippen LogP contribution in [0.5, 0.6) is 0 Å². The molecule has 1 heterocycles. The van der Waals surface area contributed by atoms with Crippen LogP contribution in [0.3, 0.4) is 0 Å². The van der Waals surface area contributed by atoms with Gasteiger partial charge in [-0.25, -0.2) is 4.39 Å². The molecule has 0 radical (unpaired) electrons. The lowest BCUT2D eigenvalue weighted by atomic mass is 10.0. The highest BCUT2D eigenvalue weighted by atomic mass is 32.1. The van der Waals surface area contributed by atoms with E-state index in [0.29, 0.717) is 5.92 Å². The van der Waals surface area contributed by atoms with Crippen molar-refractivity contribution in [2.24, 2.45) is 0 Å².